The molecule has 1 amide bonds. The van der Waals surface area contributed by atoms with Crippen LogP contribution in [0.15, 0.2) is 18.2 Å². The molecule has 5 fully saturated rings. The van der Waals surface area contributed by atoms with Gasteiger partial charge in [-0.2, -0.15) is 0 Å². The number of methoxy groups -OCH3 is 1. The van der Waals surface area contributed by atoms with E-state index in [1.54, 1.807) is 6.07 Å². The summed E-state index contributed by atoms with van der Waals surface area (Å²) in [5, 5.41) is 14.2. The van der Waals surface area contributed by atoms with E-state index >= 15 is 0 Å². The van der Waals surface area contributed by atoms with Crippen LogP contribution < -0.4 is 5.32 Å². The molecule has 2 bridgehead atoms. The molecule has 50 heavy (non-hydrogen) atoms. The summed E-state index contributed by atoms with van der Waals surface area (Å²) >= 11 is 11.9. The van der Waals surface area contributed by atoms with Gasteiger partial charge in [-0.15, -0.1) is 23.2 Å². The minimum Gasteiger partial charge on any atom is -0.467 e. The number of amides is 1. The van der Waals surface area contributed by atoms with Crippen LogP contribution in [0.4, 0.5) is 5.69 Å². The normalized spacial score (nSPS) is 32.1. The highest BCUT2D eigenvalue weighted by Crippen LogP contribution is 2.60. The van der Waals surface area contributed by atoms with Gasteiger partial charge < -0.3 is 24.3 Å². The van der Waals surface area contributed by atoms with Gasteiger partial charge in [-0.1, -0.05) is 19.9 Å². The number of carbonyl (C=O) groups excluding carboxylic acids is 3. The summed E-state index contributed by atoms with van der Waals surface area (Å²) in [5.74, 6) is -1.98. The summed E-state index contributed by atoms with van der Waals surface area (Å²) in [7, 11) is 1.18. The van der Waals surface area contributed by atoms with Crippen molar-refractivity contribution in [2.45, 2.75) is 102 Å². The van der Waals surface area contributed by atoms with Crippen LogP contribution in [-0.4, -0.2) is 89.6 Å². The van der Waals surface area contributed by atoms with Gasteiger partial charge >= 0.3 is 11.9 Å². The second-order valence-electron chi connectivity index (χ2n) is 14.0. The molecule has 4 aliphatic heterocycles. The number of fused-ring (bicyclic) bond motifs is 2. The van der Waals surface area contributed by atoms with Crippen LogP contribution in [-0.2, 0) is 56.1 Å². The molecule has 1 saturated carbocycles. The van der Waals surface area contributed by atoms with Crippen LogP contribution >= 0.6 is 23.2 Å². The molecule has 16 heteroatoms. The van der Waals surface area contributed by atoms with Crippen molar-refractivity contribution in [2.24, 2.45) is 23.7 Å². The van der Waals surface area contributed by atoms with E-state index in [2.05, 4.69) is 12.2 Å². The number of nitrogens with one attached hydrogen (secondary N) is 1. The number of benzene rings is 1. The molecule has 3 unspecified atom stereocenters. The average molecular weight is 745 g/mol. The smallest absolute Gasteiger partial charge is 0.328 e. The molecule has 0 radical (unpaired) electrons. The number of nitro groups is 1. The number of carbonyl (C=O) groups is 3. The van der Waals surface area contributed by atoms with Crippen LogP contribution in [0.1, 0.15) is 70.4 Å². The van der Waals surface area contributed by atoms with Crippen LogP contribution in [0.2, 0.25) is 0 Å². The predicted octanol–water partition coefficient (Wildman–Crippen LogP) is 4.61. The zero-order valence-electron chi connectivity index (χ0n) is 28.9. The number of ether oxygens (including phenoxy) is 4. The number of hydrogen-bond acceptors (Lipinski definition) is 12. The Labute approximate surface area is 301 Å². The van der Waals surface area contributed by atoms with Gasteiger partial charge in [0.15, 0.2) is 11.9 Å². The van der Waals surface area contributed by atoms with Gasteiger partial charge in [0, 0.05) is 74.6 Å². The summed E-state index contributed by atoms with van der Waals surface area (Å²) in [4.78, 5) is 64.0. The second kappa shape index (κ2) is 16.4. The fraction of sp³-hybridized carbons (Fsp3) is 0.735. The third-order valence-corrected chi connectivity index (χ3v) is 11.1. The van der Waals surface area contributed by atoms with E-state index in [0.717, 1.165) is 19.3 Å². The van der Waals surface area contributed by atoms with Gasteiger partial charge in [-0.3, -0.25) is 24.6 Å². The standard InChI is InChI=1S/C34H47Cl2N3O11/c1-20-5-8-26-21(2)31(47-32-34(26)25(20)11-12-33(3,48-32)49-50-34)46-29(41)10-9-28(40)37-27(30(42)45-4)18-23-17-24(39(43)44)7-6-22(23)19-38(15-13-35)16-14-36/h6-7,17,20-21,25-27,31-32H,5,8-16,18-19H2,1-4H3,(H,37,40)/t20-,21-,25?,26+,27+,31-,32-,33?,34?/m1/s1. The largest absolute Gasteiger partial charge is 0.467 e. The SMILES string of the molecule is COC(=O)[C@H](Cc1cc([N+](=O)[O-])ccc1CN(CCCl)CCCl)NC(=O)CCC(=O)O[C@@H]1O[C@@H]2OC3(C)CCC4[C@H](C)CC[C@@H]([C@H]1C)C42OO3. The molecule has 278 valence electrons. The van der Waals surface area contributed by atoms with Crippen molar-refractivity contribution >= 4 is 46.7 Å². The zero-order chi connectivity index (χ0) is 36.2. The molecule has 5 aliphatic rings. The first-order chi connectivity index (χ1) is 23.8. The Morgan fingerprint density at radius 3 is 2.50 bits per heavy atom. The highest BCUT2D eigenvalue weighted by atomic mass is 35.5. The van der Waals surface area contributed by atoms with Crippen LogP contribution in [0.25, 0.3) is 0 Å². The third kappa shape index (κ3) is 8.22. The highest BCUT2D eigenvalue weighted by molar-refractivity contribution is 6.18. The minimum atomic E-state index is -1.18. The van der Waals surface area contributed by atoms with Crippen molar-refractivity contribution in [3.05, 3.63) is 39.4 Å². The molecule has 4 heterocycles. The lowest BCUT2D eigenvalue weighted by atomic mass is 9.58. The molecule has 1 aromatic carbocycles. The molecular formula is C34H47Cl2N3O11. The van der Waals surface area contributed by atoms with Crippen molar-refractivity contribution in [3.8, 4) is 0 Å². The first-order valence-electron chi connectivity index (χ1n) is 17.2. The number of nitro benzene ring substituents is 1. The van der Waals surface area contributed by atoms with Gasteiger partial charge in [0.2, 0.25) is 18.0 Å². The lowest BCUT2D eigenvalue weighted by Crippen LogP contribution is -2.70. The minimum absolute atomic E-state index is 0.0392. The number of rotatable bonds is 15. The summed E-state index contributed by atoms with van der Waals surface area (Å²) in [6, 6.07) is 3.20. The van der Waals surface area contributed by atoms with Crippen molar-refractivity contribution < 1.29 is 48.0 Å². The molecule has 14 nitrogen and oxygen atoms in total. The Morgan fingerprint density at radius 2 is 1.82 bits per heavy atom. The Bertz CT molecular complexity index is 1410. The summed E-state index contributed by atoms with van der Waals surface area (Å²) in [6.45, 7) is 7.42. The molecule has 1 aromatic rings. The van der Waals surface area contributed by atoms with Crippen molar-refractivity contribution in [1.82, 2.24) is 10.2 Å². The van der Waals surface area contributed by atoms with Crippen molar-refractivity contribution in [2.75, 3.05) is 32.0 Å². The van der Waals surface area contributed by atoms with Gasteiger partial charge in [-0.25, -0.2) is 14.6 Å². The topological polar surface area (TPSA) is 165 Å². The van der Waals surface area contributed by atoms with Crippen molar-refractivity contribution in [1.29, 1.82) is 0 Å². The van der Waals surface area contributed by atoms with E-state index in [0.29, 0.717) is 54.9 Å². The lowest BCUT2D eigenvalue weighted by Gasteiger charge is -2.59. The fourth-order valence-corrected chi connectivity index (χ4v) is 8.53. The Hall–Kier alpha value is -2.59. The number of halogens is 2. The number of alkyl halides is 2. The first kappa shape index (κ1) is 38.6. The van der Waals surface area contributed by atoms with Gasteiger partial charge in [0.05, 0.1) is 18.5 Å². The fourth-order valence-electron chi connectivity index (χ4n) is 8.05. The number of hydrogen-bond donors (Lipinski definition) is 1. The molecule has 4 saturated heterocycles. The quantitative estimate of drug-likeness (QED) is 0.0874. The maximum Gasteiger partial charge on any atom is 0.328 e. The summed E-state index contributed by atoms with van der Waals surface area (Å²) in [5.41, 5.74) is 0.212. The number of non-ortho nitro benzene ring substituents is 1. The van der Waals surface area contributed by atoms with E-state index in [4.69, 9.17) is 51.9 Å². The Balaban J connectivity index is 1.22. The van der Waals surface area contributed by atoms with Crippen LogP contribution in [0.5, 0.6) is 0 Å². The van der Waals surface area contributed by atoms with Crippen LogP contribution in [0, 0.1) is 33.8 Å². The zero-order valence-corrected chi connectivity index (χ0v) is 30.4. The second-order valence-corrected chi connectivity index (χ2v) is 14.7. The van der Waals surface area contributed by atoms with E-state index in [-0.39, 0.29) is 42.7 Å². The Morgan fingerprint density at radius 1 is 1.08 bits per heavy atom. The van der Waals surface area contributed by atoms with E-state index in [1.807, 2.05) is 18.7 Å². The molecule has 1 spiro atoms. The maximum atomic E-state index is 13.1. The van der Waals surface area contributed by atoms with E-state index in [9.17, 15) is 24.5 Å². The summed E-state index contributed by atoms with van der Waals surface area (Å²) in [6.07, 6.45) is 1.00. The van der Waals surface area contributed by atoms with Crippen molar-refractivity contribution in [3.63, 3.8) is 0 Å². The molecule has 0 aromatic heterocycles. The lowest BCUT2D eigenvalue weighted by molar-refractivity contribution is -0.576. The molecule has 1 N–H and O–H groups in total. The monoisotopic (exact) mass is 743 g/mol. The molecule has 9 atom stereocenters. The van der Waals surface area contributed by atoms with E-state index in [1.165, 1.54) is 19.2 Å². The number of esters is 2. The van der Waals surface area contributed by atoms with Gasteiger partial charge in [-0.05, 0) is 49.1 Å². The molecule has 6 rings (SSSR count). The van der Waals surface area contributed by atoms with Crippen LogP contribution in [0.3, 0.4) is 0 Å². The molecule has 1 aliphatic carbocycles. The van der Waals surface area contributed by atoms with Gasteiger partial charge in [0.25, 0.3) is 5.69 Å². The average Bonchev–Trinajstić information content (AvgIpc) is 3.31. The summed E-state index contributed by atoms with van der Waals surface area (Å²) < 4.78 is 23.4. The predicted molar refractivity (Wildman–Crippen MR) is 180 cm³/mol. The van der Waals surface area contributed by atoms with E-state index < -0.39 is 52.8 Å². The maximum absolute atomic E-state index is 13.1. The highest BCUT2D eigenvalue weighted by Gasteiger charge is 2.69. The first-order valence-corrected chi connectivity index (χ1v) is 18.3. The molecular weight excluding hydrogens is 697 g/mol. The number of nitrogens with zero attached hydrogens (tertiary/aromatic N) is 2. The Kier molecular flexibility index (Phi) is 12.7. The third-order valence-electron chi connectivity index (χ3n) is 10.7. The van der Waals surface area contributed by atoms with Gasteiger partial charge in [0.1, 0.15) is 6.04 Å².